The minimum absolute atomic E-state index is 0.0137. The normalized spacial score (nSPS) is 21.1. The van der Waals surface area contributed by atoms with Crippen LogP contribution in [0.25, 0.3) is 0 Å². The molecule has 2 aliphatic rings. The van der Waals surface area contributed by atoms with E-state index in [0.29, 0.717) is 25.4 Å². The second-order valence-electron chi connectivity index (χ2n) is 7.92. The van der Waals surface area contributed by atoms with Crippen LogP contribution in [0.3, 0.4) is 0 Å². The summed E-state index contributed by atoms with van der Waals surface area (Å²) in [7, 11) is 0. The number of hydroxylamine groups is 2. The molecule has 0 radical (unpaired) electrons. The van der Waals surface area contributed by atoms with Crippen LogP contribution in [0.15, 0.2) is 36.2 Å². The van der Waals surface area contributed by atoms with Gasteiger partial charge in [-0.15, -0.1) is 0 Å². The summed E-state index contributed by atoms with van der Waals surface area (Å²) in [6.45, 7) is 7.41. The molecule has 4 N–H and O–H groups in total. The fourth-order valence-corrected chi connectivity index (χ4v) is 3.92. The van der Waals surface area contributed by atoms with E-state index in [4.69, 9.17) is 5.21 Å². The average molecular weight is 392 g/mol. The van der Waals surface area contributed by atoms with Crippen molar-refractivity contribution in [2.24, 2.45) is 11.8 Å². The number of hydrogen-bond acceptors (Lipinski definition) is 6. The van der Waals surface area contributed by atoms with E-state index < -0.39 is 0 Å². The zero-order chi connectivity index (χ0) is 20.4. The van der Waals surface area contributed by atoms with Crippen LogP contribution in [0.1, 0.15) is 51.9 Å². The Morgan fingerprint density at radius 3 is 2.82 bits per heavy atom. The van der Waals surface area contributed by atoms with Crippen molar-refractivity contribution in [1.82, 2.24) is 21.2 Å². The van der Waals surface area contributed by atoms with Crippen LogP contribution < -0.4 is 16.0 Å². The highest BCUT2D eigenvalue weighted by Crippen LogP contribution is 2.26. The minimum Gasteiger partial charge on any atom is -0.762 e. The molecule has 0 heterocycles. The fraction of sp³-hybridized carbons (Fsp3) is 0.667. The Balaban J connectivity index is 1.66. The SMILES string of the molecule is C=C(NC[C@H]1C=CC=C(C(=O)NCCCN([O-])O)C1)N[C@@H](C)C1CCCCC1. The van der Waals surface area contributed by atoms with E-state index in [1.807, 2.05) is 12.2 Å². The maximum absolute atomic E-state index is 12.2. The van der Waals surface area contributed by atoms with Crippen molar-refractivity contribution < 1.29 is 10.0 Å². The van der Waals surface area contributed by atoms with E-state index in [9.17, 15) is 10.0 Å². The van der Waals surface area contributed by atoms with Gasteiger partial charge in [0.25, 0.3) is 0 Å². The molecule has 1 fully saturated rings. The molecular formula is C21H35N4O3-. The molecule has 0 aromatic heterocycles. The van der Waals surface area contributed by atoms with Crippen molar-refractivity contribution in [2.45, 2.75) is 57.9 Å². The quantitative estimate of drug-likeness (QED) is 0.319. The summed E-state index contributed by atoms with van der Waals surface area (Å²) in [4.78, 5) is 12.2. The van der Waals surface area contributed by atoms with Crippen molar-refractivity contribution in [3.8, 4) is 0 Å². The minimum atomic E-state index is -0.119. The lowest BCUT2D eigenvalue weighted by molar-refractivity contribution is -0.117. The smallest absolute Gasteiger partial charge is 0.247 e. The molecule has 2 atom stereocenters. The summed E-state index contributed by atoms with van der Waals surface area (Å²) < 4.78 is 0. The zero-order valence-electron chi connectivity index (χ0n) is 17.0. The Bertz CT molecular complexity index is 568. The molecule has 0 unspecified atom stereocenters. The summed E-state index contributed by atoms with van der Waals surface area (Å²) in [5.41, 5.74) is 0.728. The molecule has 28 heavy (non-hydrogen) atoms. The van der Waals surface area contributed by atoms with Crippen LogP contribution in [0.5, 0.6) is 0 Å². The van der Waals surface area contributed by atoms with Gasteiger partial charge in [-0.25, -0.2) is 0 Å². The van der Waals surface area contributed by atoms with Gasteiger partial charge >= 0.3 is 0 Å². The molecule has 1 saturated carbocycles. The molecule has 0 bridgehead atoms. The second kappa shape index (κ2) is 11.9. The van der Waals surface area contributed by atoms with Gasteiger partial charge in [-0.3, -0.25) is 10.0 Å². The first-order valence-corrected chi connectivity index (χ1v) is 10.4. The number of carbonyl (C=O) groups is 1. The topological polar surface area (TPSA) is 99.7 Å². The van der Waals surface area contributed by atoms with Gasteiger partial charge in [-0.1, -0.05) is 44.1 Å². The van der Waals surface area contributed by atoms with Crippen molar-refractivity contribution in [3.63, 3.8) is 0 Å². The van der Waals surface area contributed by atoms with E-state index in [1.54, 1.807) is 0 Å². The van der Waals surface area contributed by atoms with Crippen LogP contribution in [-0.2, 0) is 4.79 Å². The third-order valence-electron chi connectivity index (χ3n) is 5.60. The van der Waals surface area contributed by atoms with Gasteiger partial charge in [0, 0.05) is 31.2 Å². The van der Waals surface area contributed by atoms with Gasteiger partial charge in [0.2, 0.25) is 5.91 Å². The average Bonchev–Trinajstić information content (AvgIpc) is 2.70. The lowest BCUT2D eigenvalue weighted by atomic mass is 9.84. The Hall–Kier alpha value is -1.83. The van der Waals surface area contributed by atoms with Gasteiger partial charge in [0.1, 0.15) is 0 Å². The molecule has 7 nitrogen and oxygen atoms in total. The van der Waals surface area contributed by atoms with Crippen LogP contribution in [0.2, 0.25) is 0 Å². The maximum atomic E-state index is 12.2. The molecule has 0 aromatic carbocycles. The molecule has 0 spiro atoms. The van der Waals surface area contributed by atoms with E-state index in [1.165, 1.54) is 32.1 Å². The molecular weight excluding hydrogens is 356 g/mol. The van der Waals surface area contributed by atoms with Gasteiger partial charge in [-0.05, 0) is 44.4 Å². The van der Waals surface area contributed by atoms with E-state index in [2.05, 4.69) is 35.5 Å². The summed E-state index contributed by atoms with van der Waals surface area (Å²) in [5, 5.41) is 28.5. The first-order valence-electron chi connectivity index (χ1n) is 10.4. The molecule has 0 aliphatic heterocycles. The summed E-state index contributed by atoms with van der Waals surface area (Å²) in [5.74, 6) is 1.68. The second-order valence-corrected chi connectivity index (χ2v) is 7.92. The predicted molar refractivity (Wildman–Crippen MR) is 111 cm³/mol. The number of carbonyl (C=O) groups excluding carboxylic acids is 1. The van der Waals surface area contributed by atoms with Gasteiger partial charge in [0.05, 0.1) is 5.82 Å². The Labute approximate surface area is 168 Å². The lowest BCUT2D eigenvalue weighted by Crippen LogP contribution is -2.39. The fourth-order valence-electron chi connectivity index (χ4n) is 3.92. The number of hydrogen-bond donors (Lipinski definition) is 4. The largest absolute Gasteiger partial charge is 0.762 e. The van der Waals surface area contributed by atoms with E-state index >= 15 is 0 Å². The first kappa shape index (κ1) is 22.5. The third kappa shape index (κ3) is 8.04. The van der Waals surface area contributed by atoms with Gasteiger partial charge < -0.3 is 26.4 Å². The zero-order valence-corrected chi connectivity index (χ0v) is 17.0. The Kier molecular flexibility index (Phi) is 9.54. The van der Waals surface area contributed by atoms with Gasteiger partial charge in [-0.2, -0.15) is 0 Å². The molecule has 2 rings (SSSR count). The number of nitrogens with zero attached hydrogens (tertiary/aromatic N) is 1. The molecule has 158 valence electrons. The van der Waals surface area contributed by atoms with Crippen molar-refractivity contribution in [1.29, 1.82) is 0 Å². The molecule has 1 amide bonds. The van der Waals surface area contributed by atoms with Crippen LogP contribution in [-0.4, -0.2) is 42.0 Å². The summed E-state index contributed by atoms with van der Waals surface area (Å²) in [6.07, 6.45) is 13.5. The number of amides is 1. The number of rotatable bonds is 11. The summed E-state index contributed by atoms with van der Waals surface area (Å²) >= 11 is 0. The Morgan fingerprint density at radius 1 is 1.36 bits per heavy atom. The predicted octanol–water partition coefficient (Wildman–Crippen LogP) is 2.80. The van der Waals surface area contributed by atoms with E-state index in [0.717, 1.165) is 23.9 Å². The monoisotopic (exact) mass is 391 g/mol. The maximum Gasteiger partial charge on any atom is 0.247 e. The third-order valence-corrected chi connectivity index (χ3v) is 5.60. The number of nitrogens with one attached hydrogen (secondary N) is 3. The van der Waals surface area contributed by atoms with E-state index in [-0.39, 0.29) is 23.6 Å². The highest BCUT2D eigenvalue weighted by Gasteiger charge is 2.21. The first-order chi connectivity index (χ1) is 13.5. The molecule has 0 aromatic rings. The van der Waals surface area contributed by atoms with Crippen molar-refractivity contribution in [3.05, 3.63) is 41.4 Å². The highest BCUT2D eigenvalue weighted by molar-refractivity contribution is 5.93. The van der Waals surface area contributed by atoms with Crippen LogP contribution >= 0.6 is 0 Å². The van der Waals surface area contributed by atoms with Crippen LogP contribution in [0, 0.1) is 17.0 Å². The Morgan fingerprint density at radius 2 is 2.11 bits per heavy atom. The number of allylic oxidation sites excluding steroid dienone is 2. The lowest BCUT2D eigenvalue weighted by Gasteiger charge is -2.30. The van der Waals surface area contributed by atoms with Crippen LogP contribution in [0.4, 0.5) is 0 Å². The van der Waals surface area contributed by atoms with Gasteiger partial charge in [0.15, 0.2) is 0 Å². The summed E-state index contributed by atoms with van der Waals surface area (Å²) in [6, 6.07) is 0.424. The highest BCUT2D eigenvalue weighted by atomic mass is 16.8. The van der Waals surface area contributed by atoms with Crippen molar-refractivity contribution in [2.75, 3.05) is 19.6 Å². The van der Waals surface area contributed by atoms with Crippen molar-refractivity contribution >= 4 is 5.91 Å². The molecule has 2 aliphatic carbocycles. The molecule has 7 heteroatoms. The standard InChI is InChI=1S/C21H35N4O3/c1-16(19-9-4-3-5-10-19)24-17(2)23-15-18-8-6-11-20(14-18)21(26)22-12-7-13-25(27)28/h6,8,11,16,18-19,23-24,27H,2-5,7,9-10,12-15H2,1H3,(H,22,26)/q-1/t16-,18-/m0/s1. The molecule has 0 saturated heterocycles.